The van der Waals surface area contributed by atoms with E-state index >= 15 is 0 Å². The van der Waals surface area contributed by atoms with E-state index in [2.05, 4.69) is 20.4 Å². The number of methoxy groups -OCH3 is 1. The fourth-order valence-electron chi connectivity index (χ4n) is 2.69. The van der Waals surface area contributed by atoms with Crippen molar-refractivity contribution in [2.75, 3.05) is 19.0 Å². The third-order valence-electron chi connectivity index (χ3n) is 4.29. The highest BCUT2D eigenvalue weighted by Gasteiger charge is 2.15. The summed E-state index contributed by atoms with van der Waals surface area (Å²) < 4.78 is 10.1. The van der Waals surface area contributed by atoms with Gasteiger partial charge in [-0.1, -0.05) is 18.2 Å². The molecule has 1 heterocycles. The highest BCUT2D eigenvalue weighted by atomic mass is 16.5. The fraction of sp³-hybridized carbons (Fsp3) is 0.182. The Morgan fingerprint density at radius 2 is 1.73 bits per heavy atom. The van der Waals surface area contributed by atoms with Crippen LogP contribution >= 0.6 is 0 Å². The molecule has 0 saturated carbocycles. The summed E-state index contributed by atoms with van der Waals surface area (Å²) in [6.07, 6.45) is 0.0591. The van der Waals surface area contributed by atoms with Crippen molar-refractivity contribution in [3.63, 3.8) is 0 Å². The van der Waals surface area contributed by atoms with Gasteiger partial charge >= 0.3 is 5.97 Å². The molecule has 2 amide bonds. The predicted molar refractivity (Wildman–Crippen MR) is 110 cm³/mol. The predicted octanol–water partition coefficient (Wildman–Crippen LogP) is 2.73. The summed E-state index contributed by atoms with van der Waals surface area (Å²) in [5, 5.41) is 5.21. The van der Waals surface area contributed by atoms with Crippen molar-refractivity contribution >= 4 is 23.5 Å². The lowest BCUT2D eigenvalue weighted by Crippen LogP contribution is -2.30. The number of esters is 1. The number of carbonyl (C=O) groups is 3. The van der Waals surface area contributed by atoms with Gasteiger partial charge in [0.05, 0.1) is 19.2 Å². The van der Waals surface area contributed by atoms with Crippen molar-refractivity contribution in [3.05, 3.63) is 71.6 Å². The quantitative estimate of drug-likeness (QED) is 0.583. The summed E-state index contributed by atoms with van der Waals surface area (Å²) in [4.78, 5) is 39.9. The number of benzene rings is 2. The first kappa shape index (κ1) is 20.8. The van der Waals surface area contributed by atoms with Crippen LogP contribution in [-0.2, 0) is 20.7 Å². The van der Waals surface area contributed by atoms with E-state index < -0.39 is 11.9 Å². The Bertz CT molecular complexity index is 1040. The molecule has 154 valence electrons. The molecule has 8 nitrogen and oxygen atoms in total. The lowest BCUT2D eigenvalue weighted by molar-refractivity contribution is -0.139. The number of aryl methyl sites for hydroxylation is 1. The Morgan fingerprint density at radius 3 is 2.40 bits per heavy atom. The number of hydrogen-bond acceptors (Lipinski definition) is 6. The van der Waals surface area contributed by atoms with Crippen molar-refractivity contribution < 1.29 is 23.5 Å². The molecule has 0 saturated heterocycles. The molecule has 3 aromatic rings. The molecule has 8 heteroatoms. The van der Waals surface area contributed by atoms with Gasteiger partial charge in [-0.2, -0.15) is 0 Å². The van der Waals surface area contributed by atoms with Crippen LogP contribution < -0.4 is 10.6 Å². The van der Waals surface area contributed by atoms with Gasteiger partial charge in [-0.25, -0.2) is 4.98 Å². The number of hydrogen-bond donors (Lipinski definition) is 2. The molecule has 0 radical (unpaired) electrons. The van der Waals surface area contributed by atoms with Gasteiger partial charge in [0.2, 0.25) is 11.8 Å². The fourth-order valence-corrected chi connectivity index (χ4v) is 2.69. The zero-order valence-electron chi connectivity index (χ0n) is 16.6. The Kier molecular flexibility index (Phi) is 6.59. The Hall–Kier alpha value is -3.94. The zero-order valence-corrected chi connectivity index (χ0v) is 16.6. The molecule has 30 heavy (non-hydrogen) atoms. The van der Waals surface area contributed by atoms with E-state index in [4.69, 9.17) is 4.42 Å². The van der Waals surface area contributed by atoms with Crippen LogP contribution in [0.4, 0.5) is 5.69 Å². The first-order chi connectivity index (χ1) is 14.5. The van der Waals surface area contributed by atoms with E-state index in [0.29, 0.717) is 28.6 Å². The molecule has 0 unspecified atom stereocenters. The summed E-state index contributed by atoms with van der Waals surface area (Å²) in [7, 11) is 1.25. The number of amides is 2. The SMILES string of the molecule is COC(=O)CNC(=O)c1ccc(NC(=O)Cc2nc(-c3ccccc3)oc2C)cc1. The summed E-state index contributed by atoms with van der Waals surface area (Å²) in [6.45, 7) is 1.56. The minimum Gasteiger partial charge on any atom is -0.468 e. The third-order valence-corrected chi connectivity index (χ3v) is 4.29. The Balaban J connectivity index is 1.58. The average molecular weight is 407 g/mol. The lowest BCUT2D eigenvalue weighted by Gasteiger charge is -2.07. The molecule has 0 aliphatic rings. The van der Waals surface area contributed by atoms with Crippen molar-refractivity contribution in [3.8, 4) is 11.5 Å². The topological polar surface area (TPSA) is 111 Å². The second-order valence-electron chi connectivity index (χ2n) is 6.45. The molecule has 0 spiro atoms. The summed E-state index contributed by atoms with van der Waals surface area (Å²) in [6, 6.07) is 15.8. The first-order valence-electron chi connectivity index (χ1n) is 9.23. The largest absolute Gasteiger partial charge is 0.468 e. The number of ether oxygens (including phenoxy) is 1. The van der Waals surface area contributed by atoms with Gasteiger partial charge < -0.3 is 19.8 Å². The van der Waals surface area contributed by atoms with Crippen LogP contribution in [0, 0.1) is 6.92 Å². The van der Waals surface area contributed by atoms with Crippen LogP contribution in [0.2, 0.25) is 0 Å². The molecule has 0 aliphatic carbocycles. The van der Waals surface area contributed by atoms with Crippen molar-refractivity contribution in [1.82, 2.24) is 10.3 Å². The van der Waals surface area contributed by atoms with Crippen LogP contribution in [0.25, 0.3) is 11.5 Å². The van der Waals surface area contributed by atoms with Gasteiger partial charge in [0.25, 0.3) is 5.91 Å². The van der Waals surface area contributed by atoms with Gasteiger partial charge in [0, 0.05) is 16.8 Å². The van der Waals surface area contributed by atoms with E-state index in [-0.39, 0.29) is 18.9 Å². The molecule has 0 atom stereocenters. The smallest absolute Gasteiger partial charge is 0.325 e. The number of rotatable bonds is 7. The molecule has 0 fully saturated rings. The van der Waals surface area contributed by atoms with Crippen LogP contribution in [0.3, 0.4) is 0 Å². The Morgan fingerprint density at radius 1 is 1.03 bits per heavy atom. The monoisotopic (exact) mass is 407 g/mol. The molecular weight excluding hydrogens is 386 g/mol. The van der Waals surface area contributed by atoms with Gasteiger partial charge in [-0.3, -0.25) is 14.4 Å². The lowest BCUT2D eigenvalue weighted by atomic mass is 10.2. The van der Waals surface area contributed by atoms with E-state index in [1.807, 2.05) is 30.3 Å². The number of aromatic nitrogens is 1. The summed E-state index contributed by atoms with van der Waals surface area (Å²) in [5.41, 5.74) is 2.30. The number of nitrogens with one attached hydrogen (secondary N) is 2. The van der Waals surface area contributed by atoms with Crippen LogP contribution in [0.15, 0.2) is 59.0 Å². The number of oxazole rings is 1. The van der Waals surface area contributed by atoms with E-state index in [0.717, 1.165) is 5.56 Å². The maximum absolute atomic E-state index is 12.4. The normalized spacial score (nSPS) is 10.3. The first-order valence-corrected chi connectivity index (χ1v) is 9.23. The second kappa shape index (κ2) is 9.51. The van der Waals surface area contributed by atoms with Gasteiger partial charge in [0.1, 0.15) is 12.3 Å². The molecular formula is C22H21N3O5. The van der Waals surface area contributed by atoms with Gasteiger partial charge in [-0.05, 0) is 43.3 Å². The highest BCUT2D eigenvalue weighted by molar-refractivity contribution is 5.97. The summed E-state index contributed by atoms with van der Waals surface area (Å²) >= 11 is 0. The van der Waals surface area contributed by atoms with E-state index in [1.165, 1.54) is 7.11 Å². The standard InChI is InChI=1S/C22H21N3O5/c1-14-18(25-22(30-14)16-6-4-3-5-7-16)12-19(26)24-17-10-8-15(9-11-17)21(28)23-13-20(27)29-2/h3-11H,12-13H2,1-2H3,(H,23,28)(H,24,26). The van der Waals surface area contributed by atoms with Crippen LogP contribution in [0.5, 0.6) is 0 Å². The number of anilines is 1. The molecule has 0 bridgehead atoms. The minimum absolute atomic E-state index is 0.0591. The highest BCUT2D eigenvalue weighted by Crippen LogP contribution is 2.22. The van der Waals surface area contributed by atoms with Crippen molar-refractivity contribution in [1.29, 1.82) is 0 Å². The molecule has 0 aliphatic heterocycles. The van der Waals surface area contributed by atoms with Crippen molar-refractivity contribution in [2.45, 2.75) is 13.3 Å². The third kappa shape index (κ3) is 5.32. The second-order valence-corrected chi connectivity index (χ2v) is 6.45. The van der Waals surface area contributed by atoms with Gasteiger partial charge in [0.15, 0.2) is 0 Å². The van der Waals surface area contributed by atoms with E-state index in [1.54, 1.807) is 31.2 Å². The number of nitrogens with zero attached hydrogens (tertiary/aromatic N) is 1. The minimum atomic E-state index is -0.536. The number of carbonyl (C=O) groups excluding carboxylic acids is 3. The summed E-state index contributed by atoms with van der Waals surface area (Å²) in [5.74, 6) is -0.149. The van der Waals surface area contributed by atoms with Crippen LogP contribution in [-0.4, -0.2) is 36.4 Å². The maximum Gasteiger partial charge on any atom is 0.325 e. The molecule has 1 aromatic heterocycles. The molecule has 3 rings (SSSR count). The maximum atomic E-state index is 12.4. The van der Waals surface area contributed by atoms with Crippen LogP contribution in [0.1, 0.15) is 21.8 Å². The molecule has 2 N–H and O–H groups in total. The van der Waals surface area contributed by atoms with Crippen molar-refractivity contribution in [2.24, 2.45) is 0 Å². The average Bonchev–Trinajstić information content (AvgIpc) is 3.13. The molecule has 2 aromatic carbocycles. The zero-order chi connectivity index (χ0) is 21.5. The van der Waals surface area contributed by atoms with E-state index in [9.17, 15) is 14.4 Å². The van der Waals surface area contributed by atoms with Gasteiger partial charge in [-0.15, -0.1) is 0 Å². The Labute approximate surface area is 173 Å².